The van der Waals surface area contributed by atoms with Gasteiger partial charge in [0, 0.05) is 27.6 Å². The number of halogens is 2. The van der Waals surface area contributed by atoms with E-state index in [-0.39, 0.29) is 0 Å². The molecule has 0 spiro atoms. The first kappa shape index (κ1) is 12.2. The van der Waals surface area contributed by atoms with Crippen LogP contribution in [0.1, 0.15) is 26.0 Å². The van der Waals surface area contributed by atoms with Crippen LogP contribution in [0.2, 0.25) is 0 Å². The lowest BCUT2D eigenvalue weighted by Gasteiger charge is -2.11. The monoisotopic (exact) mass is 319 g/mol. The van der Waals surface area contributed by atoms with Crippen molar-refractivity contribution >= 4 is 31.9 Å². The van der Waals surface area contributed by atoms with Crippen LogP contribution in [-0.2, 0) is 6.42 Å². The Labute approximate surface area is 103 Å². The van der Waals surface area contributed by atoms with Crippen LogP contribution >= 0.6 is 31.9 Å². The van der Waals surface area contributed by atoms with Gasteiger partial charge in [0.05, 0.1) is 0 Å². The Hall–Kier alpha value is 0.110. The van der Waals surface area contributed by atoms with Crippen molar-refractivity contribution in [2.45, 2.75) is 31.5 Å². The minimum atomic E-state index is 0.538. The molecule has 1 unspecified atom stereocenters. The fourth-order valence-electron chi connectivity index (χ4n) is 1.35. The van der Waals surface area contributed by atoms with Crippen LogP contribution in [0.15, 0.2) is 22.8 Å². The van der Waals surface area contributed by atoms with E-state index in [9.17, 15) is 0 Å². The third-order valence-corrected chi connectivity index (χ3v) is 3.11. The van der Waals surface area contributed by atoms with E-state index in [0.29, 0.717) is 4.83 Å². The van der Waals surface area contributed by atoms with Crippen LogP contribution in [0, 0.1) is 5.92 Å². The minimum absolute atomic E-state index is 0.538. The maximum Gasteiger partial charge on any atom is 0.0415 e. The first-order chi connectivity index (χ1) is 6.58. The van der Waals surface area contributed by atoms with Gasteiger partial charge in [0.25, 0.3) is 0 Å². The first-order valence-corrected chi connectivity index (χ1v) is 6.53. The lowest BCUT2D eigenvalue weighted by Crippen LogP contribution is -2.07. The summed E-state index contributed by atoms with van der Waals surface area (Å²) in [5, 5.41) is 0. The van der Waals surface area contributed by atoms with Crippen LogP contribution in [0.25, 0.3) is 0 Å². The summed E-state index contributed by atoms with van der Waals surface area (Å²) >= 11 is 7.06. The van der Waals surface area contributed by atoms with Crippen molar-refractivity contribution in [2.75, 3.05) is 0 Å². The molecule has 1 atom stereocenters. The molecular weight excluding hydrogens is 306 g/mol. The Balaban J connectivity index is 2.47. The summed E-state index contributed by atoms with van der Waals surface area (Å²) in [7, 11) is 0. The molecule has 0 bridgehead atoms. The molecule has 0 aliphatic carbocycles. The van der Waals surface area contributed by atoms with Gasteiger partial charge in [0.2, 0.25) is 0 Å². The van der Waals surface area contributed by atoms with E-state index in [0.717, 1.165) is 22.5 Å². The Kier molecular flexibility index (Phi) is 5.10. The van der Waals surface area contributed by atoms with Gasteiger partial charge in [-0.15, -0.1) is 0 Å². The Morgan fingerprint density at radius 1 is 1.36 bits per heavy atom. The largest absolute Gasteiger partial charge is 0.260 e. The van der Waals surface area contributed by atoms with Gasteiger partial charge in [-0.3, -0.25) is 4.98 Å². The summed E-state index contributed by atoms with van der Waals surface area (Å²) < 4.78 is 1.04. The Morgan fingerprint density at radius 2 is 2.07 bits per heavy atom. The molecule has 3 heteroatoms. The third kappa shape index (κ3) is 4.56. The molecule has 1 aromatic rings. The molecular formula is C11H15Br2N. The number of rotatable bonds is 4. The molecule has 14 heavy (non-hydrogen) atoms. The number of alkyl halides is 1. The zero-order chi connectivity index (χ0) is 10.6. The number of hydrogen-bond acceptors (Lipinski definition) is 1. The van der Waals surface area contributed by atoms with Crippen molar-refractivity contribution < 1.29 is 0 Å². The topological polar surface area (TPSA) is 12.9 Å². The van der Waals surface area contributed by atoms with Gasteiger partial charge in [-0.1, -0.05) is 29.8 Å². The van der Waals surface area contributed by atoms with Crippen molar-refractivity contribution in [2.24, 2.45) is 5.92 Å². The number of hydrogen-bond donors (Lipinski definition) is 0. The molecule has 0 amide bonds. The summed E-state index contributed by atoms with van der Waals surface area (Å²) in [4.78, 5) is 4.89. The molecule has 1 nitrogen and oxygen atoms in total. The van der Waals surface area contributed by atoms with Crippen molar-refractivity contribution in [3.63, 3.8) is 0 Å². The molecule has 0 radical (unpaired) electrons. The minimum Gasteiger partial charge on any atom is -0.260 e. The van der Waals surface area contributed by atoms with Crippen molar-refractivity contribution in [3.05, 3.63) is 28.5 Å². The van der Waals surface area contributed by atoms with E-state index in [1.807, 2.05) is 12.3 Å². The normalized spacial score (nSPS) is 13.2. The van der Waals surface area contributed by atoms with E-state index >= 15 is 0 Å². The SMILES string of the molecule is CC(C)CC(Br)Cc1ccc(Br)cn1. The van der Waals surface area contributed by atoms with Crippen LogP contribution in [-0.4, -0.2) is 9.81 Å². The molecule has 0 fully saturated rings. The predicted molar refractivity (Wildman–Crippen MR) is 67.8 cm³/mol. The second-order valence-corrected chi connectivity index (χ2v) is 6.11. The van der Waals surface area contributed by atoms with Gasteiger partial charge < -0.3 is 0 Å². The van der Waals surface area contributed by atoms with Crippen molar-refractivity contribution in [3.8, 4) is 0 Å². The molecule has 0 saturated carbocycles. The van der Waals surface area contributed by atoms with E-state index in [1.165, 1.54) is 6.42 Å². The highest BCUT2D eigenvalue weighted by Gasteiger charge is 2.08. The van der Waals surface area contributed by atoms with Crippen molar-refractivity contribution in [1.29, 1.82) is 0 Å². The van der Waals surface area contributed by atoms with Gasteiger partial charge in [-0.2, -0.15) is 0 Å². The van der Waals surface area contributed by atoms with Crippen molar-refractivity contribution in [1.82, 2.24) is 4.98 Å². The highest BCUT2D eigenvalue weighted by Crippen LogP contribution is 2.17. The molecule has 1 rings (SSSR count). The van der Waals surface area contributed by atoms with Gasteiger partial charge in [-0.05, 0) is 40.4 Å². The quantitative estimate of drug-likeness (QED) is 0.758. The summed E-state index contributed by atoms with van der Waals surface area (Å²) in [6.45, 7) is 4.48. The summed E-state index contributed by atoms with van der Waals surface area (Å²) in [5.41, 5.74) is 1.15. The summed E-state index contributed by atoms with van der Waals surface area (Å²) in [6.07, 6.45) is 4.05. The number of nitrogens with zero attached hydrogens (tertiary/aromatic N) is 1. The van der Waals surface area contributed by atoms with Crippen LogP contribution in [0.3, 0.4) is 0 Å². The smallest absolute Gasteiger partial charge is 0.0415 e. The molecule has 1 aromatic heterocycles. The Morgan fingerprint density at radius 3 is 2.57 bits per heavy atom. The third-order valence-electron chi connectivity index (χ3n) is 1.95. The van der Waals surface area contributed by atoms with Gasteiger partial charge in [-0.25, -0.2) is 0 Å². The van der Waals surface area contributed by atoms with Gasteiger partial charge in [0.15, 0.2) is 0 Å². The molecule has 78 valence electrons. The maximum atomic E-state index is 4.35. The highest BCUT2D eigenvalue weighted by molar-refractivity contribution is 9.10. The average molecular weight is 321 g/mol. The Bertz CT molecular complexity index is 269. The molecule has 0 aromatic carbocycles. The highest BCUT2D eigenvalue weighted by atomic mass is 79.9. The van der Waals surface area contributed by atoms with Crippen LogP contribution in [0.5, 0.6) is 0 Å². The summed E-state index contributed by atoms with van der Waals surface area (Å²) in [6, 6.07) is 4.11. The maximum absolute atomic E-state index is 4.35. The van der Waals surface area contributed by atoms with Crippen LogP contribution < -0.4 is 0 Å². The average Bonchev–Trinajstić information content (AvgIpc) is 2.07. The van der Waals surface area contributed by atoms with E-state index in [2.05, 4.69) is 56.8 Å². The lowest BCUT2D eigenvalue weighted by molar-refractivity contribution is 0.568. The van der Waals surface area contributed by atoms with Gasteiger partial charge >= 0.3 is 0 Å². The first-order valence-electron chi connectivity index (χ1n) is 4.82. The zero-order valence-corrected chi connectivity index (χ0v) is 11.7. The molecule has 0 saturated heterocycles. The number of aromatic nitrogens is 1. The second kappa shape index (κ2) is 5.86. The predicted octanol–water partition coefficient (Wildman–Crippen LogP) is 4.20. The zero-order valence-electron chi connectivity index (χ0n) is 8.50. The van der Waals surface area contributed by atoms with Gasteiger partial charge in [0.1, 0.15) is 0 Å². The standard InChI is InChI=1S/C11H15Br2N/c1-8(2)5-10(13)6-11-4-3-9(12)7-14-11/h3-4,7-8,10H,5-6H2,1-2H3. The van der Waals surface area contributed by atoms with Crippen LogP contribution in [0.4, 0.5) is 0 Å². The van der Waals surface area contributed by atoms with E-state index in [4.69, 9.17) is 0 Å². The second-order valence-electron chi connectivity index (χ2n) is 3.90. The molecule has 0 N–H and O–H groups in total. The number of pyridine rings is 1. The fraction of sp³-hybridized carbons (Fsp3) is 0.545. The molecule has 0 aliphatic heterocycles. The molecule has 1 heterocycles. The van der Waals surface area contributed by atoms with E-state index in [1.54, 1.807) is 0 Å². The van der Waals surface area contributed by atoms with E-state index < -0.39 is 0 Å². The summed E-state index contributed by atoms with van der Waals surface area (Å²) in [5.74, 6) is 0.731. The lowest BCUT2D eigenvalue weighted by atomic mass is 10.1. The fourth-order valence-corrected chi connectivity index (χ4v) is 2.66. The molecule has 0 aliphatic rings.